The molecule has 0 amide bonds. The highest BCUT2D eigenvalue weighted by molar-refractivity contribution is 5.49. The van der Waals surface area contributed by atoms with Crippen LogP contribution in [0.1, 0.15) is 19.4 Å². The Labute approximate surface area is 108 Å². The molecular formula is C13H21N5. The molecule has 0 aliphatic carbocycles. The fourth-order valence-corrected chi connectivity index (χ4v) is 1.72. The number of aromatic nitrogens is 3. The van der Waals surface area contributed by atoms with Crippen LogP contribution in [0.2, 0.25) is 0 Å². The first-order valence-corrected chi connectivity index (χ1v) is 6.34. The molecule has 0 saturated heterocycles. The van der Waals surface area contributed by atoms with Crippen molar-refractivity contribution in [3.8, 4) is 0 Å². The number of fused-ring (bicyclic) bond motifs is 1. The van der Waals surface area contributed by atoms with Gasteiger partial charge in [0.05, 0.1) is 0 Å². The number of hydrogen-bond acceptors (Lipinski definition) is 4. The Hall–Kier alpha value is -1.62. The van der Waals surface area contributed by atoms with E-state index in [1.54, 1.807) is 0 Å². The van der Waals surface area contributed by atoms with Crippen LogP contribution in [-0.2, 0) is 0 Å². The molecule has 0 aromatic carbocycles. The number of hydrogen-bond donors (Lipinski definition) is 1. The molecule has 1 N–H and O–H groups in total. The molecule has 18 heavy (non-hydrogen) atoms. The molecular weight excluding hydrogens is 226 g/mol. The smallest absolute Gasteiger partial charge is 0.243 e. The molecule has 0 atom stereocenters. The number of nitrogens with one attached hydrogen (secondary N) is 1. The average Bonchev–Trinajstić information content (AvgIpc) is 2.73. The summed E-state index contributed by atoms with van der Waals surface area (Å²) in [4.78, 5) is 6.76. The first-order valence-electron chi connectivity index (χ1n) is 6.34. The third kappa shape index (κ3) is 2.79. The number of likely N-dealkylation sites (N-methyl/N-ethyl adjacent to an activating group) is 1. The van der Waals surface area contributed by atoms with E-state index in [1.807, 2.05) is 29.8 Å². The number of nitrogens with zero attached hydrogens (tertiary/aromatic N) is 4. The summed E-state index contributed by atoms with van der Waals surface area (Å²) in [7, 11) is 2.12. The van der Waals surface area contributed by atoms with Crippen LogP contribution in [-0.4, -0.2) is 45.7 Å². The van der Waals surface area contributed by atoms with Crippen molar-refractivity contribution in [3.63, 3.8) is 0 Å². The van der Waals surface area contributed by atoms with Gasteiger partial charge in [0.2, 0.25) is 5.95 Å². The second-order valence-corrected chi connectivity index (χ2v) is 4.90. The van der Waals surface area contributed by atoms with Gasteiger partial charge >= 0.3 is 0 Å². The van der Waals surface area contributed by atoms with Crippen molar-refractivity contribution in [1.29, 1.82) is 0 Å². The Kier molecular flexibility index (Phi) is 3.81. The maximum absolute atomic E-state index is 4.48. The predicted octanol–water partition coefficient (Wildman–Crippen LogP) is 1.79. The van der Waals surface area contributed by atoms with Crippen LogP contribution in [0, 0.1) is 6.92 Å². The highest BCUT2D eigenvalue weighted by Gasteiger charge is 2.06. The van der Waals surface area contributed by atoms with Gasteiger partial charge in [0.1, 0.15) is 0 Å². The van der Waals surface area contributed by atoms with Crippen molar-refractivity contribution in [2.24, 2.45) is 0 Å². The number of pyridine rings is 1. The lowest BCUT2D eigenvalue weighted by Crippen LogP contribution is -2.31. The van der Waals surface area contributed by atoms with Gasteiger partial charge in [0.25, 0.3) is 0 Å². The summed E-state index contributed by atoms with van der Waals surface area (Å²) in [5.41, 5.74) is 2.05. The van der Waals surface area contributed by atoms with E-state index >= 15 is 0 Å². The maximum Gasteiger partial charge on any atom is 0.243 e. The zero-order valence-electron chi connectivity index (χ0n) is 11.5. The Bertz CT molecular complexity index is 517. The molecule has 0 aliphatic rings. The van der Waals surface area contributed by atoms with Crippen molar-refractivity contribution in [2.75, 3.05) is 25.5 Å². The minimum atomic E-state index is 0.558. The fourth-order valence-electron chi connectivity index (χ4n) is 1.72. The largest absolute Gasteiger partial charge is 0.352 e. The number of anilines is 1. The van der Waals surface area contributed by atoms with Gasteiger partial charge in [-0.2, -0.15) is 4.98 Å². The molecule has 0 saturated carbocycles. The van der Waals surface area contributed by atoms with Crippen molar-refractivity contribution < 1.29 is 0 Å². The molecule has 5 heteroatoms. The van der Waals surface area contributed by atoms with Gasteiger partial charge in [-0.25, -0.2) is 4.52 Å². The second-order valence-electron chi connectivity index (χ2n) is 4.90. The van der Waals surface area contributed by atoms with Gasteiger partial charge in [-0.05, 0) is 39.4 Å². The minimum Gasteiger partial charge on any atom is -0.352 e. The van der Waals surface area contributed by atoms with E-state index in [-0.39, 0.29) is 0 Å². The summed E-state index contributed by atoms with van der Waals surface area (Å²) in [6, 6.07) is 4.58. The lowest BCUT2D eigenvalue weighted by atomic mass is 10.3. The van der Waals surface area contributed by atoms with Crippen LogP contribution in [0.5, 0.6) is 0 Å². The lowest BCUT2D eigenvalue weighted by Gasteiger charge is -2.20. The third-order valence-corrected chi connectivity index (χ3v) is 3.19. The highest BCUT2D eigenvalue weighted by atomic mass is 15.3. The van der Waals surface area contributed by atoms with Gasteiger partial charge in [0, 0.05) is 25.3 Å². The van der Waals surface area contributed by atoms with E-state index in [2.05, 4.69) is 41.2 Å². The molecule has 5 nitrogen and oxygen atoms in total. The van der Waals surface area contributed by atoms with Crippen molar-refractivity contribution in [1.82, 2.24) is 19.5 Å². The first kappa shape index (κ1) is 12.8. The molecule has 2 aromatic rings. The molecule has 2 heterocycles. The molecule has 0 spiro atoms. The van der Waals surface area contributed by atoms with Crippen LogP contribution < -0.4 is 5.32 Å². The van der Waals surface area contributed by atoms with Gasteiger partial charge in [-0.3, -0.25) is 0 Å². The van der Waals surface area contributed by atoms with Crippen molar-refractivity contribution >= 4 is 11.6 Å². The van der Waals surface area contributed by atoms with E-state index in [1.165, 1.54) is 0 Å². The van der Waals surface area contributed by atoms with E-state index in [9.17, 15) is 0 Å². The van der Waals surface area contributed by atoms with Crippen LogP contribution >= 0.6 is 0 Å². The Morgan fingerprint density at radius 2 is 2.22 bits per heavy atom. The average molecular weight is 247 g/mol. The molecule has 2 rings (SSSR count). The van der Waals surface area contributed by atoms with Crippen LogP contribution in [0.3, 0.4) is 0 Å². The fraction of sp³-hybridized carbons (Fsp3) is 0.538. The summed E-state index contributed by atoms with van der Waals surface area (Å²) < 4.78 is 1.81. The van der Waals surface area contributed by atoms with E-state index in [0.29, 0.717) is 12.0 Å². The number of rotatable bonds is 5. The normalized spacial score (nSPS) is 11.7. The topological polar surface area (TPSA) is 45.5 Å². The Morgan fingerprint density at radius 1 is 1.44 bits per heavy atom. The van der Waals surface area contributed by atoms with Crippen molar-refractivity contribution in [3.05, 3.63) is 23.9 Å². The quantitative estimate of drug-likeness (QED) is 0.875. The Balaban J connectivity index is 1.98. The minimum absolute atomic E-state index is 0.558. The summed E-state index contributed by atoms with van der Waals surface area (Å²) in [6.45, 7) is 8.25. The summed E-state index contributed by atoms with van der Waals surface area (Å²) in [6.07, 6.45) is 1.92. The molecule has 2 aromatic heterocycles. The maximum atomic E-state index is 4.48. The molecule has 0 bridgehead atoms. The van der Waals surface area contributed by atoms with E-state index < -0.39 is 0 Å². The van der Waals surface area contributed by atoms with Gasteiger partial charge in [-0.15, -0.1) is 5.10 Å². The van der Waals surface area contributed by atoms with Gasteiger partial charge in [-0.1, -0.05) is 6.07 Å². The van der Waals surface area contributed by atoms with Crippen LogP contribution in [0.4, 0.5) is 5.95 Å². The van der Waals surface area contributed by atoms with E-state index in [0.717, 1.165) is 24.3 Å². The predicted molar refractivity (Wildman–Crippen MR) is 74.0 cm³/mol. The van der Waals surface area contributed by atoms with E-state index in [4.69, 9.17) is 0 Å². The summed E-state index contributed by atoms with van der Waals surface area (Å²) in [5.74, 6) is 0.696. The number of aryl methyl sites for hydroxylation is 1. The molecule has 0 fully saturated rings. The summed E-state index contributed by atoms with van der Waals surface area (Å²) in [5, 5.41) is 7.65. The zero-order valence-corrected chi connectivity index (χ0v) is 11.5. The molecule has 0 radical (unpaired) electrons. The SMILES string of the molecule is Cc1cccn2nc(NCCN(C)C(C)C)nc12. The van der Waals surface area contributed by atoms with Crippen LogP contribution in [0.25, 0.3) is 5.65 Å². The molecule has 0 aliphatic heterocycles. The lowest BCUT2D eigenvalue weighted by molar-refractivity contribution is 0.284. The zero-order chi connectivity index (χ0) is 13.1. The molecule has 0 unspecified atom stereocenters. The molecule has 98 valence electrons. The standard InChI is InChI=1S/C13H21N5/c1-10(2)17(4)9-7-14-13-15-12-11(3)6-5-8-18(12)16-13/h5-6,8,10H,7,9H2,1-4H3,(H,14,16). The summed E-state index contributed by atoms with van der Waals surface area (Å²) >= 11 is 0. The highest BCUT2D eigenvalue weighted by Crippen LogP contribution is 2.09. The monoisotopic (exact) mass is 247 g/mol. The Morgan fingerprint density at radius 3 is 2.89 bits per heavy atom. The van der Waals surface area contributed by atoms with Crippen LogP contribution in [0.15, 0.2) is 18.3 Å². The second kappa shape index (κ2) is 5.35. The third-order valence-electron chi connectivity index (χ3n) is 3.19. The van der Waals surface area contributed by atoms with Crippen molar-refractivity contribution in [2.45, 2.75) is 26.8 Å². The van der Waals surface area contributed by atoms with Gasteiger partial charge < -0.3 is 10.2 Å². The first-order chi connectivity index (χ1) is 8.58. The van der Waals surface area contributed by atoms with Gasteiger partial charge in [0.15, 0.2) is 5.65 Å².